The van der Waals surface area contributed by atoms with Crippen LogP contribution in [0.15, 0.2) is 40.9 Å². The van der Waals surface area contributed by atoms with Gasteiger partial charge >= 0.3 is 0 Å². The number of aryl methyl sites for hydroxylation is 1. The van der Waals surface area contributed by atoms with Crippen LogP contribution in [-0.2, 0) is 5.54 Å². The van der Waals surface area contributed by atoms with Gasteiger partial charge in [0.25, 0.3) is 0 Å². The van der Waals surface area contributed by atoms with Gasteiger partial charge in [-0.2, -0.15) is 0 Å². The van der Waals surface area contributed by atoms with E-state index in [4.69, 9.17) is 17.3 Å². The first kappa shape index (κ1) is 14.5. The third-order valence-corrected chi connectivity index (χ3v) is 4.04. The van der Waals surface area contributed by atoms with Crippen molar-refractivity contribution in [2.45, 2.75) is 19.4 Å². The monoisotopic (exact) mass is 341 g/mol. The summed E-state index contributed by atoms with van der Waals surface area (Å²) >= 11 is 9.63. The minimum atomic E-state index is -0.768. The lowest BCUT2D eigenvalue weighted by atomic mass is 9.83. The molecule has 0 aromatic heterocycles. The van der Waals surface area contributed by atoms with Gasteiger partial charge in [-0.05, 0) is 54.8 Å². The predicted molar refractivity (Wildman–Crippen MR) is 80.9 cm³/mol. The number of nitrogens with two attached hydrogens (primary N) is 1. The molecule has 2 N–H and O–H groups in total. The minimum Gasteiger partial charge on any atom is -0.318 e. The average molecular weight is 343 g/mol. The molecule has 2 aromatic carbocycles. The van der Waals surface area contributed by atoms with Crippen LogP contribution in [0.5, 0.6) is 0 Å². The number of halogens is 3. The molecule has 19 heavy (non-hydrogen) atoms. The van der Waals surface area contributed by atoms with Gasteiger partial charge in [-0.25, -0.2) is 4.39 Å². The third-order valence-electron chi connectivity index (χ3n) is 3.24. The molecule has 0 heterocycles. The molecule has 0 aliphatic rings. The van der Waals surface area contributed by atoms with Crippen molar-refractivity contribution < 1.29 is 4.39 Å². The van der Waals surface area contributed by atoms with Crippen LogP contribution in [0.1, 0.15) is 23.6 Å². The van der Waals surface area contributed by atoms with Crippen LogP contribution in [-0.4, -0.2) is 0 Å². The smallest absolute Gasteiger partial charge is 0.123 e. The Morgan fingerprint density at radius 2 is 1.79 bits per heavy atom. The second-order valence-electron chi connectivity index (χ2n) is 4.79. The number of benzene rings is 2. The molecule has 0 fully saturated rings. The Bertz CT molecular complexity index is 572. The Morgan fingerprint density at radius 3 is 2.37 bits per heavy atom. The molecule has 2 rings (SSSR count). The number of hydrogen-bond donors (Lipinski definition) is 1. The van der Waals surface area contributed by atoms with Gasteiger partial charge in [0.15, 0.2) is 0 Å². The van der Waals surface area contributed by atoms with Crippen molar-refractivity contribution in [1.29, 1.82) is 0 Å². The minimum absolute atomic E-state index is 0.265. The molecule has 0 radical (unpaired) electrons. The molecule has 0 saturated carbocycles. The molecule has 0 bridgehead atoms. The van der Waals surface area contributed by atoms with E-state index in [-0.39, 0.29) is 5.82 Å². The lowest BCUT2D eigenvalue weighted by molar-refractivity contribution is 0.588. The second kappa shape index (κ2) is 5.23. The normalized spacial score (nSPS) is 14.2. The van der Waals surface area contributed by atoms with Gasteiger partial charge in [-0.3, -0.25) is 0 Å². The first-order chi connectivity index (χ1) is 8.82. The molecular formula is C15H14BrClFN. The van der Waals surface area contributed by atoms with E-state index in [1.54, 1.807) is 12.1 Å². The fraction of sp³-hybridized carbons (Fsp3) is 0.200. The fourth-order valence-corrected chi connectivity index (χ4v) is 3.14. The maximum absolute atomic E-state index is 13.2. The van der Waals surface area contributed by atoms with E-state index < -0.39 is 5.54 Å². The zero-order valence-corrected chi connectivity index (χ0v) is 13.0. The molecule has 0 amide bonds. The lowest BCUT2D eigenvalue weighted by Gasteiger charge is -2.28. The SMILES string of the molecule is Cc1cc(F)ccc1C(C)(N)c1ccc(Br)cc1Cl. The largest absolute Gasteiger partial charge is 0.318 e. The second-order valence-corrected chi connectivity index (χ2v) is 6.11. The zero-order valence-electron chi connectivity index (χ0n) is 10.7. The molecule has 0 spiro atoms. The highest BCUT2D eigenvalue weighted by Crippen LogP contribution is 2.35. The maximum Gasteiger partial charge on any atom is 0.123 e. The summed E-state index contributed by atoms with van der Waals surface area (Å²) < 4.78 is 14.1. The quantitative estimate of drug-likeness (QED) is 0.835. The van der Waals surface area contributed by atoms with Crippen LogP contribution in [0.25, 0.3) is 0 Å². The molecule has 0 aliphatic carbocycles. The summed E-state index contributed by atoms with van der Waals surface area (Å²) in [4.78, 5) is 0. The van der Waals surface area contributed by atoms with Crippen molar-refractivity contribution in [2.75, 3.05) is 0 Å². The summed E-state index contributed by atoms with van der Waals surface area (Å²) in [6, 6.07) is 10.2. The molecule has 1 unspecified atom stereocenters. The summed E-state index contributed by atoms with van der Waals surface area (Å²) in [5.41, 5.74) is 8.15. The van der Waals surface area contributed by atoms with E-state index in [9.17, 15) is 4.39 Å². The van der Waals surface area contributed by atoms with Crippen molar-refractivity contribution in [3.63, 3.8) is 0 Å². The first-order valence-electron chi connectivity index (χ1n) is 5.83. The van der Waals surface area contributed by atoms with Crippen molar-refractivity contribution in [3.05, 3.63) is 68.4 Å². The van der Waals surface area contributed by atoms with Crippen LogP contribution in [0.4, 0.5) is 4.39 Å². The van der Waals surface area contributed by atoms with E-state index in [0.717, 1.165) is 21.2 Å². The summed E-state index contributed by atoms with van der Waals surface area (Å²) in [6.45, 7) is 3.72. The van der Waals surface area contributed by atoms with E-state index in [1.807, 2.05) is 26.0 Å². The Morgan fingerprint density at radius 1 is 1.16 bits per heavy atom. The summed E-state index contributed by atoms with van der Waals surface area (Å²) in [5, 5.41) is 0.586. The van der Waals surface area contributed by atoms with Crippen LogP contribution in [0.3, 0.4) is 0 Å². The Kier molecular flexibility index (Phi) is 4.00. The van der Waals surface area contributed by atoms with Crippen LogP contribution >= 0.6 is 27.5 Å². The number of rotatable bonds is 2. The van der Waals surface area contributed by atoms with Gasteiger partial charge in [0.1, 0.15) is 5.82 Å². The highest BCUT2D eigenvalue weighted by molar-refractivity contribution is 9.10. The van der Waals surface area contributed by atoms with Crippen LogP contribution < -0.4 is 5.73 Å². The van der Waals surface area contributed by atoms with Gasteiger partial charge in [0.05, 0.1) is 5.54 Å². The van der Waals surface area contributed by atoms with E-state index in [1.165, 1.54) is 12.1 Å². The third kappa shape index (κ3) is 2.83. The first-order valence-corrected chi connectivity index (χ1v) is 7.00. The van der Waals surface area contributed by atoms with Crippen molar-refractivity contribution in [1.82, 2.24) is 0 Å². The van der Waals surface area contributed by atoms with Gasteiger partial charge < -0.3 is 5.73 Å². The lowest BCUT2D eigenvalue weighted by Crippen LogP contribution is -2.35. The predicted octanol–water partition coefficient (Wildman–Crippen LogP) is 4.77. The zero-order chi connectivity index (χ0) is 14.2. The Labute approximate surface area is 125 Å². The Balaban J connectivity index is 2.58. The Hall–Kier alpha value is -0.900. The topological polar surface area (TPSA) is 26.0 Å². The molecule has 1 atom stereocenters. The van der Waals surface area contributed by atoms with Crippen LogP contribution in [0.2, 0.25) is 5.02 Å². The highest BCUT2D eigenvalue weighted by atomic mass is 79.9. The van der Waals surface area contributed by atoms with Gasteiger partial charge in [0.2, 0.25) is 0 Å². The average Bonchev–Trinajstić information content (AvgIpc) is 2.27. The van der Waals surface area contributed by atoms with Crippen molar-refractivity contribution in [3.8, 4) is 0 Å². The fourth-order valence-electron chi connectivity index (χ4n) is 2.27. The molecule has 2 aromatic rings. The van der Waals surface area contributed by atoms with Gasteiger partial charge in [-0.1, -0.05) is 39.7 Å². The summed E-state index contributed by atoms with van der Waals surface area (Å²) in [7, 11) is 0. The highest BCUT2D eigenvalue weighted by Gasteiger charge is 2.27. The van der Waals surface area contributed by atoms with Crippen molar-refractivity contribution >= 4 is 27.5 Å². The number of hydrogen-bond acceptors (Lipinski definition) is 1. The van der Waals surface area contributed by atoms with Gasteiger partial charge in [0, 0.05) is 9.50 Å². The molecule has 4 heteroatoms. The molecule has 1 nitrogen and oxygen atoms in total. The summed E-state index contributed by atoms with van der Waals surface area (Å²) in [6.07, 6.45) is 0. The maximum atomic E-state index is 13.2. The van der Waals surface area contributed by atoms with Gasteiger partial charge in [-0.15, -0.1) is 0 Å². The van der Waals surface area contributed by atoms with E-state index >= 15 is 0 Å². The molecule has 0 saturated heterocycles. The van der Waals surface area contributed by atoms with E-state index in [2.05, 4.69) is 15.9 Å². The van der Waals surface area contributed by atoms with E-state index in [0.29, 0.717) is 5.02 Å². The standard InChI is InChI=1S/C15H14BrClFN/c1-9-7-11(18)4-6-12(9)15(2,19)13-5-3-10(16)8-14(13)17/h3-8H,19H2,1-2H3. The molecular weight excluding hydrogens is 329 g/mol. The molecule has 0 aliphatic heterocycles. The van der Waals surface area contributed by atoms with Crippen LogP contribution in [0, 0.1) is 12.7 Å². The molecule has 100 valence electrons. The van der Waals surface area contributed by atoms with Crippen molar-refractivity contribution in [2.24, 2.45) is 5.73 Å². The summed E-state index contributed by atoms with van der Waals surface area (Å²) in [5.74, 6) is -0.265.